The number of aliphatic carboxylic acids is 1. The number of rotatable bonds is 9. The lowest BCUT2D eigenvalue weighted by Gasteiger charge is -2.21. The first-order valence-corrected chi connectivity index (χ1v) is 9.06. The molecular weight excluding hydrogens is 393 g/mol. The van der Waals surface area contributed by atoms with Crippen LogP contribution in [-0.4, -0.2) is 40.5 Å². The van der Waals surface area contributed by atoms with Crippen LogP contribution in [0.25, 0.3) is 0 Å². The van der Waals surface area contributed by atoms with Crippen LogP contribution in [-0.2, 0) is 11.2 Å². The summed E-state index contributed by atoms with van der Waals surface area (Å²) in [5.41, 5.74) is 1.48. The summed E-state index contributed by atoms with van der Waals surface area (Å²) in [5.74, 6) is -0.734. The number of nitrogens with one attached hydrogen (secondary N) is 1. The predicted octanol–water partition coefficient (Wildman–Crippen LogP) is 3.42. The van der Waals surface area contributed by atoms with E-state index in [4.69, 9.17) is 33.0 Å². The summed E-state index contributed by atoms with van der Waals surface area (Å²) in [6.45, 7) is 1.90. The van der Waals surface area contributed by atoms with Crippen LogP contribution in [0.3, 0.4) is 0 Å². The number of carboxylic acids is 1. The molecule has 27 heavy (non-hydrogen) atoms. The van der Waals surface area contributed by atoms with Gasteiger partial charge in [-0.2, -0.15) is 0 Å². The SMILES string of the molecule is C[C@H](NCCc1cc(Cl)c(OCC(=O)O)cc1Cl)[C@H](O)c1ccc(O)cc1. The number of hydrogen-bond acceptors (Lipinski definition) is 5. The molecule has 0 unspecified atom stereocenters. The molecule has 0 aliphatic carbocycles. The molecule has 2 rings (SSSR count). The zero-order chi connectivity index (χ0) is 20.0. The third kappa shape index (κ3) is 6.29. The van der Waals surface area contributed by atoms with Gasteiger partial charge in [-0.1, -0.05) is 35.3 Å². The molecule has 2 atom stereocenters. The van der Waals surface area contributed by atoms with Gasteiger partial charge in [0.05, 0.1) is 11.1 Å². The summed E-state index contributed by atoms with van der Waals surface area (Å²) in [6, 6.07) is 9.32. The second kappa shape index (κ2) is 9.80. The maximum absolute atomic E-state index is 10.6. The van der Waals surface area contributed by atoms with Crippen molar-refractivity contribution in [2.45, 2.75) is 25.5 Å². The van der Waals surface area contributed by atoms with Crippen molar-refractivity contribution in [3.8, 4) is 11.5 Å². The molecule has 0 radical (unpaired) electrons. The highest BCUT2D eigenvalue weighted by Gasteiger charge is 2.16. The number of halogens is 2. The normalized spacial score (nSPS) is 13.2. The lowest BCUT2D eigenvalue weighted by molar-refractivity contribution is -0.139. The number of benzene rings is 2. The van der Waals surface area contributed by atoms with Crippen molar-refractivity contribution in [3.63, 3.8) is 0 Å². The van der Waals surface area contributed by atoms with E-state index in [1.165, 1.54) is 18.2 Å². The van der Waals surface area contributed by atoms with E-state index in [-0.39, 0.29) is 22.6 Å². The second-order valence-electron chi connectivity index (χ2n) is 6.09. The van der Waals surface area contributed by atoms with Crippen molar-refractivity contribution in [1.82, 2.24) is 5.32 Å². The first-order chi connectivity index (χ1) is 12.8. The number of phenols is 1. The minimum Gasteiger partial charge on any atom is -0.508 e. The van der Waals surface area contributed by atoms with Crippen LogP contribution in [0.15, 0.2) is 36.4 Å². The van der Waals surface area contributed by atoms with Crippen LogP contribution < -0.4 is 10.1 Å². The third-order valence-corrected chi connectivity index (χ3v) is 4.67. The van der Waals surface area contributed by atoms with Crippen LogP contribution >= 0.6 is 23.2 Å². The zero-order valence-electron chi connectivity index (χ0n) is 14.7. The lowest BCUT2D eigenvalue weighted by Crippen LogP contribution is -2.33. The summed E-state index contributed by atoms with van der Waals surface area (Å²) in [5, 5.41) is 32.3. The Balaban J connectivity index is 1.91. The van der Waals surface area contributed by atoms with Gasteiger partial charge in [-0.15, -0.1) is 0 Å². The van der Waals surface area contributed by atoms with Gasteiger partial charge in [-0.25, -0.2) is 4.79 Å². The molecule has 0 aliphatic rings. The van der Waals surface area contributed by atoms with E-state index in [1.807, 2.05) is 6.92 Å². The fourth-order valence-corrected chi connectivity index (χ4v) is 3.01. The van der Waals surface area contributed by atoms with Crippen molar-refractivity contribution < 1.29 is 24.9 Å². The van der Waals surface area contributed by atoms with Gasteiger partial charge in [0, 0.05) is 17.1 Å². The standard InChI is InChI=1S/C19H21Cl2NO5/c1-11(19(26)12-2-4-14(23)5-3-12)22-7-6-13-8-16(21)17(9-15(13)20)27-10-18(24)25/h2-5,8-9,11,19,22-23,26H,6-7,10H2,1H3,(H,24,25)/t11-,19-/m0/s1. The van der Waals surface area contributed by atoms with Crippen LogP contribution in [0.5, 0.6) is 11.5 Å². The summed E-state index contributed by atoms with van der Waals surface area (Å²) in [6.07, 6.45) is -0.166. The number of hydrogen-bond donors (Lipinski definition) is 4. The molecule has 146 valence electrons. The Bertz CT molecular complexity index is 782. The molecule has 0 heterocycles. The summed E-state index contributed by atoms with van der Waals surface area (Å²) < 4.78 is 5.08. The number of aromatic hydroxyl groups is 1. The Kier molecular flexibility index (Phi) is 7.74. The van der Waals surface area contributed by atoms with Crippen LogP contribution in [0, 0.1) is 0 Å². The second-order valence-corrected chi connectivity index (χ2v) is 6.90. The fraction of sp³-hybridized carbons (Fsp3) is 0.316. The average molecular weight is 414 g/mol. The summed E-state index contributed by atoms with van der Waals surface area (Å²) in [7, 11) is 0. The highest BCUT2D eigenvalue weighted by molar-refractivity contribution is 6.34. The highest BCUT2D eigenvalue weighted by Crippen LogP contribution is 2.31. The largest absolute Gasteiger partial charge is 0.508 e. The quantitative estimate of drug-likeness (QED) is 0.502. The Morgan fingerprint density at radius 2 is 1.85 bits per heavy atom. The Hall–Kier alpha value is -1.99. The summed E-state index contributed by atoms with van der Waals surface area (Å²) in [4.78, 5) is 10.6. The van der Waals surface area contributed by atoms with Crippen LogP contribution in [0.1, 0.15) is 24.2 Å². The monoisotopic (exact) mass is 413 g/mol. The van der Waals surface area contributed by atoms with E-state index in [0.717, 1.165) is 5.56 Å². The van der Waals surface area contributed by atoms with E-state index in [9.17, 15) is 15.0 Å². The van der Waals surface area contributed by atoms with Gasteiger partial charge < -0.3 is 25.4 Å². The minimum absolute atomic E-state index is 0.147. The molecule has 0 saturated carbocycles. The predicted molar refractivity (Wildman–Crippen MR) is 104 cm³/mol. The van der Waals surface area contributed by atoms with Crippen molar-refractivity contribution >= 4 is 29.2 Å². The Morgan fingerprint density at radius 1 is 1.19 bits per heavy atom. The lowest BCUT2D eigenvalue weighted by atomic mass is 10.0. The zero-order valence-corrected chi connectivity index (χ0v) is 16.2. The van der Waals surface area contributed by atoms with E-state index >= 15 is 0 Å². The first kappa shape index (κ1) is 21.3. The Morgan fingerprint density at radius 3 is 2.48 bits per heavy atom. The van der Waals surface area contributed by atoms with E-state index in [2.05, 4.69) is 5.32 Å². The third-order valence-electron chi connectivity index (χ3n) is 4.02. The van der Waals surface area contributed by atoms with Crippen molar-refractivity contribution in [3.05, 3.63) is 57.6 Å². The molecule has 0 spiro atoms. The first-order valence-electron chi connectivity index (χ1n) is 8.31. The van der Waals surface area contributed by atoms with E-state index < -0.39 is 18.7 Å². The number of aliphatic hydroxyl groups excluding tert-OH is 1. The molecule has 0 saturated heterocycles. The van der Waals surface area contributed by atoms with Gasteiger partial charge in [-0.05, 0) is 49.2 Å². The molecule has 0 fully saturated rings. The molecule has 0 aliphatic heterocycles. The van der Waals surface area contributed by atoms with E-state index in [0.29, 0.717) is 23.6 Å². The van der Waals surface area contributed by atoms with Crippen molar-refractivity contribution in [2.24, 2.45) is 0 Å². The summed E-state index contributed by atoms with van der Waals surface area (Å²) >= 11 is 12.3. The molecule has 0 amide bonds. The Labute approximate surface area is 167 Å². The van der Waals surface area contributed by atoms with Gasteiger partial charge in [0.2, 0.25) is 0 Å². The molecule has 2 aromatic rings. The minimum atomic E-state index is -1.10. The topological polar surface area (TPSA) is 99.0 Å². The molecule has 0 bridgehead atoms. The molecule has 0 aromatic heterocycles. The van der Waals surface area contributed by atoms with Gasteiger partial charge in [0.25, 0.3) is 0 Å². The highest BCUT2D eigenvalue weighted by atomic mass is 35.5. The number of ether oxygens (including phenoxy) is 1. The molecular formula is C19H21Cl2NO5. The molecule has 2 aromatic carbocycles. The smallest absolute Gasteiger partial charge is 0.341 e. The maximum atomic E-state index is 10.6. The number of aliphatic hydroxyl groups is 1. The van der Waals surface area contributed by atoms with Gasteiger partial charge in [0.1, 0.15) is 11.5 Å². The average Bonchev–Trinajstić information content (AvgIpc) is 2.62. The number of phenolic OH excluding ortho intramolecular Hbond substituents is 1. The van der Waals surface area contributed by atoms with E-state index in [1.54, 1.807) is 18.2 Å². The maximum Gasteiger partial charge on any atom is 0.341 e. The van der Waals surface area contributed by atoms with Gasteiger partial charge in [0.15, 0.2) is 6.61 Å². The number of carbonyl (C=O) groups is 1. The van der Waals surface area contributed by atoms with Crippen molar-refractivity contribution in [2.75, 3.05) is 13.2 Å². The molecule has 6 nitrogen and oxygen atoms in total. The van der Waals surface area contributed by atoms with Crippen molar-refractivity contribution in [1.29, 1.82) is 0 Å². The van der Waals surface area contributed by atoms with Crippen LogP contribution in [0.2, 0.25) is 10.0 Å². The van der Waals surface area contributed by atoms with Gasteiger partial charge in [-0.3, -0.25) is 0 Å². The molecule has 8 heteroatoms. The van der Waals surface area contributed by atoms with Gasteiger partial charge >= 0.3 is 5.97 Å². The fourth-order valence-electron chi connectivity index (χ4n) is 2.52. The van der Waals surface area contributed by atoms with Crippen LogP contribution in [0.4, 0.5) is 0 Å². The molecule has 4 N–H and O–H groups in total. The number of carboxylic acid groups (broad SMARTS) is 1.